The van der Waals surface area contributed by atoms with Crippen LogP contribution in [-0.2, 0) is 0 Å². The van der Waals surface area contributed by atoms with Crippen LogP contribution in [-0.4, -0.2) is 53.1 Å². The van der Waals surface area contributed by atoms with E-state index in [0.717, 1.165) is 11.1 Å². The minimum absolute atomic E-state index is 0.0212. The summed E-state index contributed by atoms with van der Waals surface area (Å²) >= 11 is 1.40. The number of rotatable bonds is 6. The van der Waals surface area contributed by atoms with Crippen molar-refractivity contribution in [2.75, 3.05) is 20.2 Å². The van der Waals surface area contributed by atoms with Crippen LogP contribution in [0.2, 0.25) is 0 Å². The number of benzene rings is 1. The number of Topliss-reactive ketones (excluding diaryl/α,β-unsaturated/α-hetero) is 1. The minimum Gasteiger partial charge on any atom is -0.394 e. The van der Waals surface area contributed by atoms with E-state index >= 15 is 0 Å². The Morgan fingerprint density at radius 2 is 1.87 bits per heavy atom. The van der Waals surface area contributed by atoms with Crippen molar-refractivity contribution in [2.45, 2.75) is 13.0 Å². The monoisotopic (exact) mass is 333 g/mol. The summed E-state index contributed by atoms with van der Waals surface area (Å²) in [5, 5.41) is 20.1. The third-order valence-corrected chi connectivity index (χ3v) is 4.49. The fourth-order valence-electron chi connectivity index (χ4n) is 2.28. The van der Waals surface area contributed by atoms with E-state index in [1.165, 1.54) is 23.2 Å². The molecule has 0 saturated carbocycles. The molecule has 0 unspecified atom stereocenters. The summed E-state index contributed by atoms with van der Waals surface area (Å²) in [5.41, 5.74) is 2.23. The zero-order valence-corrected chi connectivity index (χ0v) is 13.8. The Morgan fingerprint density at radius 3 is 2.43 bits per heavy atom. The van der Waals surface area contributed by atoms with Gasteiger partial charge >= 0.3 is 0 Å². The molecule has 2 N–H and O–H groups in total. The van der Waals surface area contributed by atoms with Gasteiger partial charge in [-0.15, -0.1) is 11.3 Å². The van der Waals surface area contributed by atoms with Crippen molar-refractivity contribution in [2.24, 2.45) is 0 Å². The Morgan fingerprint density at radius 1 is 1.22 bits per heavy atom. The van der Waals surface area contributed by atoms with Gasteiger partial charge < -0.3 is 15.1 Å². The number of aliphatic hydroxyl groups is 2. The van der Waals surface area contributed by atoms with Gasteiger partial charge in [0.25, 0.3) is 5.91 Å². The van der Waals surface area contributed by atoms with Gasteiger partial charge in [0.2, 0.25) is 0 Å². The van der Waals surface area contributed by atoms with E-state index in [0.29, 0.717) is 10.4 Å². The molecule has 1 heterocycles. The van der Waals surface area contributed by atoms with Crippen LogP contribution in [0, 0.1) is 0 Å². The highest BCUT2D eigenvalue weighted by molar-refractivity contribution is 7.12. The molecule has 5 nitrogen and oxygen atoms in total. The summed E-state index contributed by atoms with van der Waals surface area (Å²) in [4.78, 5) is 25.9. The number of ketones is 1. The van der Waals surface area contributed by atoms with Gasteiger partial charge in [0.05, 0.1) is 17.6 Å². The molecule has 0 aliphatic carbocycles. The van der Waals surface area contributed by atoms with Gasteiger partial charge in [0, 0.05) is 24.7 Å². The van der Waals surface area contributed by atoms with Gasteiger partial charge in [-0.1, -0.05) is 12.1 Å². The molecule has 1 aromatic heterocycles. The summed E-state index contributed by atoms with van der Waals surface area (Å²) in [6.45, 7) is 1.22. The van der Waals surface area contributed by atoms with E-state index in [2.05, 4.69) is 0 Å². The summed E-state index contributed by atoms with van der Waals surface area (Å²) in [6.07, 6.45) is -0.952. The molecule has 0 radical (unpaired) electrons. The van der Waals surface area contributed by atoms with Gasteiger partial charge in [-0.2, -0.15) is 0 Å². The zero-order chi connectivity index (χ0) is 17.0. The maximum atomic E-state index is 12.3. The molecule has 2 rings (SSSR count). The number of likely N-dealkylation sites (N-methyl/N-ethyl adjacent to an activating group) is 1. The first-order valence-electron chi connectivity index (χ1n) is 7.17. The number of hydrogen-bond acceptors (Lipinski definition) is 5. The van der Waals surface area contributed by atoms with Crippen LogP contribution in [0.1, 0.15) is 27.0 Å². The lowest BCUT2D eigenvalue weighted by Gasteiger charge is -2.19. The highest BCUT2D eigenvalue weighted by atomic mass is 32.1. The Bertz CT molecular complexity index is 693. The number of amides is 1. The number of carbonyl (C=O) groups is 2. The standard InChI is InChI=1S/C17H19NO4S/c1-11(20)16-15(7-8-23-16)12-3-5-13(6-4-12)17(22)18(2)9-14(21)10-19/h3-8,14,19,21H,9-10H2,1-2H3/t14-/m1/s1. The molecule has 0 bridgehead atoms. The van der Waals surface area contributed by atoms with E-state index < -0.39 is 6.10 Å². The van der Waals surface area contributed by atoms with E-state index in [4.69, 9.17) is 5.11 Å². The van der Waals surface area contributed by atoms with Crippen molar-refractivity contribution in [3.63, 3.8) is 0 Å². The molecule has 1 aromatic carbocycles. The maximum Gasteiger partial charge on any atom is 0.253 e. The van der Waals surface area contributed by atoms with Crippen LogP contribution >= 0.6 is 11.3 Å². The van der Waals surface area contributed by atoms with Crippen LogP contribution in [0.25, 0.3) is 11.1 Å². The van der Waals surface area contributed by atoms with E-state index in [-0.39, 0.29) is 24.8 Å². The second kappa shape index (κ2) is 7.50. The number of nitrogens with zero attached hydrogens (tertiary/aromatic N) is 1. The fraction of sp³-hybridized carbons (Fsp3) is 0.294. The third-order valence-electron chi connectivity index (χ3n) is 3.47. The maximum absolute atomic E-state index is 12.3. The highest BCUT2D eigenvalue weighted by Gasteiger charge is 2.16. The molecule has 6 heteroatoms. The first-order valence-corrected chi connectivity index (χ1v) is 8.05. The summed E-state index contributed by atoms with van der Waals surface area (Å²) in [7, 11) is 1.57. The summed E-state index contributed by atoms with van der Waals surface area (Å²) in [5.74, 6) is -0.214. The van der Waals surface area contributed by atoms with Gasteiger partial charge in [-0.05, 0) is 36.1 Å². The van der Waals surface area contributed by atoms with E-state index in [1.807, 2.05) is 11.4 Å². The normalized spacial score (nSPS) is 12.0. The smallest absolute Gasteiger partial charge is 0.253 e. The number of carbonyl (C=O) groups excluding carboxylic acids is 2. The molecule has 1 atom stereocenters. The molecule has 0 saturated heterocycles. The van der Waals surface area contributed by atoms with E-state index in [1.54, 1.807) is 31.3 Å². The van der Waals surface area contributed by atoms with Crippen molar-refractivity contribution < 1.29 is 19.8 Å². The largest absolute Gasteiger partial charge is 0.394 e. The average molecular weight is 333 g/mol. The lowest BCUT2D eigenvalue weighted by molar-refractivity contribution is 0.0520. The SMILES string of the molecule is CC(=O)c1sccc1-c1ccc(C(=O)N(C)C[C@@H](O)CO)cc1. The Balaban J connectivity index is 2.17. The third kappa shape index (κ3) is 4.04. The predicted molar refractivity (Wildman–Crippen MR) is 89.8 cm³/mol. The van der Waals surface area contributed by atoms with Crippen molar-refractivity contribution in [3.05, 3.63) is 46.2 Å². The second-order valence-electron chi connectivity index (χ2n) is 5.32. The van der Waals surface area contributed by atoms with E-state index in [9.17, 15) is 14.7 Å². The topological polar surface area (TPSA) is 77.8 Å². The van der Waals surface area contributed by atoms with Gasteiger partial charge in [0.1, 0.15) is 0 Å². The highest BCUT2D eigenvalue weighted by Crippen LogP contribution is 2.29. The fourth-order valence-corrected chi connectivity index (χ4v) is 3.10. The van der Waals surface area contributed by atoms with Crippen molar-refractivity contribution in [1.29, 1.82) is 0 Å². The van der Waals surface area contributed by atoms with Gasteiger partial charge in [0.15, 0.2) is 5.78 Å². The minimum atomic E-state index is -0.952. The molecule has 0 aliphatic rings. The summed E-state index contributed by atoms with van der Waals surface area (Å²) in [6, 6.07) is 8.89. The molecule has 0 fully saturated rings. The zero-order valence-electron chi connectivity index (χ0n) is 13.0. The lowest BCUT2D eigenvalue weighted by Crippen LogP contribution is -2.35. The first kappa shape index (κ1) is 17.3. The average Bonchev–Trinajstić information content (AvgIpc) is 3.04. The predicted octanol–water partition coefficient (Wildman–Crippen LogP) is 2.04. The quantitative estimate of drug-likeness (QED) is 0.793. The van der Waals surface area contributed by atoms with Crippen LogP contribution in [0.3, 0.4) is 0 Å². The lowest BCUT2D eigenvalue weighted by atomic mass is 10.0. The van der Waals surface area contributed by atoms with Gasteiger partial charge in [-0.3, -0.25) is 9.59 Å². The van der Waals surface area contributed by atoms with Crippen LogP contribution < -0.4 is 0 Å². The molecular formula is C17H19NO4S. The van der Waals surface area contributed by atoms with Crippen LogP contribution in [0.5, 0.6) is 0 Å². The summed E-state index contributed by atoms with van der Waals surface area (Å²) < 4.78 is 0. The molecule has 1 amide bonds. The number of hydrogen-bond donors (Lipinski definition) is 2. The van der Waals surface area contributed by atoms with Crippen LogP contribution in [0.4, 0.5) is 0 Å². The molecule has 23 heavy (non-hydrogen) atoms. The van der Waals surface area contributed by atoms with Crippen molar-refractivity contribution in [1.82, 2.24) is 4.90 Å². The Hall–Kier alpha value is -2.02. The molecule has 0 spiro atoms. The molecule has 0 aliphatic heterocycles. The molecule has 2 aromatic rings. The number of thiophene rings is 1. The van der Waals surface area contributed by atoms with Crippen molar-refractivity contribution >= 4 is 23.0 Å². The first-order chi connectivity index (χ1) is 10.9. The Labute approximate surface area is 138 Å². The molecular weight excluding hydrogens is 314 g/mol. The molecule has 122 valence electrons. The Kier molecular flexibility index (Phi) is 5.65. The van der Waals surface area contributed by atoms with Crippen molar-refractivity contribution in [3.8, 4) is 11.1 Å². The number of aliphatic hydroxyl groups excluding tert-OH is 2. The second-order valence-corrected chi connectivity index (χ2v) is 6.24. The van der Waals surface area contributed by atoms with Gasteiger partial charge in [-0.25, -0.2) is 0 Å². The van der Waals surface area contributed by atoms with Crippen LogP contribution in [0.15, 0.2) is 35.7 Å².